The fourth-order valence-electron chi connectivity index (χ4n) is 1.86. The Morgan fingerprint density at radius 1 is 1.36 bits per heavy atom. The van der Waals surface area contributed by atoms with Crippen molar-refractivity contribution in [1.29, 1.82) is 5.26 Å². The average Bonchev–Trinajstić information content (AvgIpc) is 2.54. The Kier molecular flexibility index (Phi) is 7.48. The van der Waals surface area contributed by atoms with Crippen LogP contribution < -0.4 is 14.8 Å². The Labute approximate surface area is 142 Å². The van der Waals surface area contributed by atoms with Crippen molar-refractivity contribution in [3.8, 4) is 17.6 Å². The Morgan fingerprint density at radius 3 is 2.60 bits per heavy atom. The van der Waals surface area contributed by atoms with E-state index in [1.165, 1.54) is 19.1 Å². The lowest BCUT2D eigenvalue weighted by molar-refractivity contribution is -0.253. The van der Waals surface area contributed by atoms with E-state index in [9.17, 15) is 22.4 Å². The minimum absolute atomic E-state index is 0.00924. The predicted molar refractivity (Wildman–Crippen MR) is 80.7 cm³/mol. The van der Waals surface area contributed by atoms with Gasteiger partial charge in [0.15, 0.2) is 11.5 Å². The number of rotatable bonds is 9. The van der Waals surface area contributed by atoms with Gasteiger partial charge in [0.2, 0.25) is 5.91 Å². The number of hydrogen-bond donors (Lipinski definition) is 1. The molecule has 5 nitrogen and oxygen atoms in total. The van der Waals surface area contributed by atoms with Crippen LogP contribution >= 0.6 is 0 Å². The number of alkyl halides is 4. The van der Waals surface area contributed by atoms with Gasteiger partial charge in [0, 0.05) is 6.42 Å². The molecule has 0 saturated heterocycles. The highest BCUT2D eigenvalue weighted by Gasteiger charge is 2.44. The van der Waals surface area contributed by atoms with Crippen LogP contribution in [0.5, 0.6) is 11.5 Å². The molecule has 0 saturated carbocycles. The van der Waals surface area contributed by atoms with Gasteiger partial charge in [0.05, 0.1) is 12.7 Å². The van der Waals surface area contributed by atoms with Gasteiger partial charge in [-0.15, -0.1) is 0 Å². The molecule has 0 spiro atoms. The number of nitriles is 1. The summed E-state index contributed by atoms with van der Waals surface area (Å²) in [6.07, 6.45) is -8.52. The van der Waals surface area contributed by atoms with Crippen LogP contribution in [0.15, 0.2) is 18.2 Å². The number of aryl methyl sites for hydroxylation is 1. The minimum atomic E-state index is -4.66. The topological polar surface area (TPSA) is 71.3 Å². The lowest BCUT2D eigenvalue weighted by Crippen LogP contribution is -2.33. The van der Waals surface area contributed by atoms with Crippen LogP contribution in [-0.4, -0.2) is 31.1 Å². The zero-order valence-electron chi connectivity index (χ0n) is 13.7. The zero-order chi connectivity index (χ0) is 19.0. The Bertz CT molecular complexity index is 632. The van der Waals surface area contributed by atoms with Crippen molar-refractivity contribution in [3.05, 3.63) is 23.8 Å². The van der Waals surface area contributed by atoms with Crippen molar-refractivity contribution in [3.63, 3.8) is 0 Å². The average molecular weight is 362 g/mol. The van der Waals surface area contributed by atoms with E-state index in [0.717, 1.165) is 6.07 Å². The van der Waals surface area contributed by atoms with Crippen molar-refractivity contribution in [2.75, 3.05) is 6.61 Å². The number of nitrogens with one attached hydrogen (secondary N) is 1. The molecule has 1 rings (SSSR count). The van der Waals surface area contributed by atoms with Gasteiger partial charge in [-0.25, -0.2) is 0 Å². The van der Waals surface area contributed by atoms with Crippen LogP contribution in [0.4, 0.5) is 17.6 Å². The Morgan fingerprint density at radius 2 is 2.04 bits per heavy atom. The van der Waals surface area contributed by atoms with Crippen molar-refractivity contribution in [2.45, 2.75) is 45.3 Å². The third-order valence-corrected chi connectivity index (χ3v) is 3.02. The minimum Gasteiger partial charge on any atom is -0.490 e. The maximum Gasteiger partial charge on any atom is 0.461 e. The molecule has 0 bridgehead atoms. The summed E-state index contributed by atoms with van der Waals surface area (Å²) in [6.45, 7) is 3.24. The normalized spacial score (nSPS) is 12.4. The van der Waals surface area contributed by atoms with E-state index >= 15 is 0 Å². The summed E-state index contributed by atoms with van der Waals surface area (Å²) in [7, 11) is 0. The third-order valence-electron chi connectivity index (χ3n) is 3.02. The lowest BCUT2D eigenvalue weighted by atomic mass is 10.1. The van der Waals surface area contributed by atoms with E-state index in [1.54, 1.807) is 6.92 Å². The van der Waals surface area contributed by atoms with Gasteiger partial charge in [-0.2, -0.15) is 22.8 Å². The number of hydrogen-bond acceptors (Lipinski definition) is 4. The molecule has 25 heavy (non-hydrogen) atoms. The SMILES string of the molecule is CCOc1ccc(CCC(=O)NC(C)C#N)cc1OC(F)(F)C(F)F. The van der Waals surface area contributed by atoms with Gasteiger partial charge in [-0.1, -0.05) is 6.07 Å². The first-order chi connectivity index (χ1) is 11.7. The Hall–Kier alpha value is -2.50. The summed E-state index contributed by atoms with van der Waals surface area (Å²) in [5, 5.41) is 11.0. The number of ether oxygens (including phenoxy) is 2. The fourth-order valence-corrected chi connectivity index (χ4v) is 1.86. The van der Waals surface area contributed by atoms with Crippen LogP contribution in [0.3, 0.4) is 0 Å². The lowest BCUT2D eigenvalue weighted by Gasteiger charge is -2.19. The van der Waals surface area contributed by atoms with Crippen LogP contribution in [0.1, 0.15) is 25.8 Å². The van der Waals surface area contributed by atoms with E-state index in [4.69, 9.17) is 10.00 Å². The highest BCUT2D eigenvalue weighted by Crippen LogP contribution is 2.35. The molecule has 1 N–H and O–H groups in total. The van der Waals surface area contributed by atoms with Crippen molar-refractivity contribution >= 4 is 5.91 Å². The number of carbonyl (C=O) groups excluding carboxylic acids is 1. The molecule has 0 aliphatic carbocycles. The molecule has 1 unspecified atom stereocenters. The largest absolute Gasteiger partial charge is 0.490 e. The molecule has 0 radical (unpaired) electrons. The molecule has 0 aliphatic rings. The first kappa shape index (κ1) is 20.5. The standard InChI is InChI=1S/C16H18F4N2O3/c1-3-24-12-6-4-11(5-7-14(23)22-10(2)9-21)8-13(12)25-16(19,20)15(17)18/h4,6,8,10,15H,3,5,7H2,1-2H3,(H,22,23). The van der Waals surface area contributed by atoms with Gasteiger partial charge in [-0.05, 0) is 38.0 Å². The molecule has 1 aromatic carbocycles. The van der Waals surface area contributed by atoms with E-state index in [0.29, 0.717) is 5.56 Å². The molecule has 0 fully saturated rings. The number of halogens is 4. The second-order valence-electron chi connectivity index (χ2n) is 5.10. The first-order valence-corrected chi connectivity index (χ1v) is 7.49. The smallest absolute Gasteiger partial charge is 0.461 e. The predicted octanol–water partition coefficient (Wildman–Crippen LogP) is 3.28. The first-order valence-electron chi connectivity index (χ1n) is 7.49. The highest BCUT2D eigenvalue weighted by molar-refractivity contribution is 5.76. The number of amides is 1. The second-order valence-corrected chi connectivity index (χ2v) is 5.10. The summed E-state index contributed by atoms with van der Waals surface area (Å²) < 4.78 is 60.2. The highest BCUT2D eigenvalue weighted by atomic mass is 19.3. The summed E-state index contributed by atoms with van der Waals surface area (Å²) in [5.41, 5.74) is 0.420. The number of nitrogens with zero attached hydrogens (tertiary/aromatic N) is 1. The quantitative estimate of drug-likeness (QED) is 0.685. The van der Waals surface area contributed by atoms with E-state index < -0.39 is 30.2 Å². The molecule has 0 aromatic heterocycles. The van der Waals surface area contributed by atoms with Crippen LogP contribution in [-0.2, 0) is 11.2 Å². The molecule has 1 aromatic rings. The summed E-state index contributed by atoms with van der Waals surface area (Å²) in [6, 6.07) is 5.13. The molecule has 1 amide bonds. The maximum atomic E-state index is 13.2. The van der Waals surface area contributed by atoms with Crippen molar-refractivity contribution < 1.29 is 31.8 Å². The second kappa shape index (κ2) is 9.11. The molecule has 0 heterocycles. The maximum absolute atomic E-state index is 13.2. The van der Waals surface area contributed by atoms with Crippen LogP contribution in [0, 0.1) is 11.3 Å². The van der Waals surface area contributed by atoms with Crippen LogP contribution in [0.2, 0.25) is 0 Å². The number of benzene rings is 1. The van der Waals surface area contributed by atoms with E-state index in [-0.39, 0.29) is 25.2 Å². The molecule has 9 heteroatoms. The molecule has 138 valence electrons. The molecule has 1 atom stereocenters. The van der Waals surface area contributed by atoms with Gasteiger partial charge in [0.25, 0.3) is 0 Å². The van der Waals surface area contributed by atoms with E-state index in [2.05, 4.69) is 10.1 Å². The van der Waals surface area contributed by atoms with Crippen molar-refractivity contribution in [2.24, 2.45) is 0 Å². The monoisotopic (exact) mass is 362 g/mol. The summed E-state index contributed by atoms with van der Waals surface area (Å²) >= 11 is 0. The van der Waals surface area contributed by atoms with E-state index in [1.807, 2.05) is 6.07 Å². The van der Waals surface area contributed by atoms with Crippen molar-refractivity contribution in [1.82, 2.24) is 5.32 Å². The number of carbonyl (C=O) groups is 1. The van der Waals surface area contributed by atoms with Gasteiger partial charge < -0.3 is 14.8 Å². The van der Waals surface area contributed by atoms with Gasteiger partial charge >= 0.3 is 12.5 Å². The summed E-state index contributed by atoms with van der Waals surface area (Å²) in [5.74, 6) is -1.03. The Balaban J connectivity index is 2.88. The molecule has 0 aliphatic heterocycles. The zero-order valence-corrected chi connectivity index (χ0v) is 13.7. The fraction of sp³-hybridized carbons (Fsp3) is 0.500. The summed E-state index contributed by atoms with van der Waals surface area (Å²) in [4.78, 5) is 11.6. The third kappa shape index (κ3) is 6.49. The van der Waals surface area contributed by atoms with Gasteiger partial charge in [0.1, 0.15) is 6.04 Å². The van der Waals surface area contributed by atoms with Crippen LogP contribution in [0.25, 0.3) is 0 Å². The van der Waals surface area contributed by atoms with Gasteiger partial charge in [-0.3, -0.25) is 4.79 Å². The molecular weight excluding hydrogens is 344 g/mol. The molecular formula is C16H18F4N2O3.